The van der Waals surface area contributed by atoms with Gasteiger partial charge in [0.05, 0.1) is 11.1 Å². The van der Waals surface area contributed by atoms with Crippen molar-refractivity contribution in [1.29, 1.82) is 0 Å². The Labute approximate surface area is 219 Å². The minimum atomic E-state index is -0.912. The number of carbonyl (C=O) groups is 1. The number of rotatable bonds is 7. The van der Waals surface area contributed by atoms with E-state index in [1.165, 1.54) is 12.1 Å². The van der Waals surface area contributed by atoms with Crippen molar-refractivity contribution < 1.29 is 13.6 Å². The van der Waals surface area contributed by atoms with E-state index < -0.39 is 28.5 Å². The quantitative estimate of drug-likeness (QED) is 0.394. The Balaban J connectivity index is 1.49. The van der Waals surface area contributed by atoms with Gasteiger partial charge in [-0.15, -0.1) is 17.8 Å². The molecule has 1 aliphatic rings. The molecule has 1 amide bonds. The third kappa shape index (κ3) is 5.39. The highest BCUT2D eigenvalue weighted by Crippen LogP contribution is 2.34. The van der Waals surface area contributed by atoms with Crippen LogP contribution in [0, 0.1) is 24.0 Å². The summed E-state index contributed by atoms with van der Waals surface area (Å²) < 4.78 is 29.9. The first-order valence-corrected chi connectivity index (χ1v) is 13.0. The van der Waals surface area contributed by atoms with Gasteiger partial charge in [0.2, 0.25) is 0 Å². The molecule has 4 rings (SSSR count). The topological polar surface area (TPSA) is 48.5 Å². The van der Waals surface area contributed by atoms with E-state index in [4.69, 9.17) is 18.0 Å². The number of terminal acetylenes is 1. The summed E-state index contributed by atoms with van der Waals surface area (Å²) in [4.78, 5) is 21.5. The second-order valence-corrected chi connectivity index (χ2v) is 10.2. The summed E-state index contributed by atoms with van der Waals surface area (Å²) in [5.41, 5.74) is 0.259. The Hall–Kier alpha value is -2.99. The fraction of sp³-hybridized carbons (Fsp3) is 0.333. The fourth-order valence-electron chi connectivity index (χ4n) is 4.31. The van der Waals surface area contributed by atoms with Crippen LogP contribution in [0.15, 0.2) is 41.8 Å². The lowest BCUT2D eigenvalue weighted by Crippen LogP contribution is -2.46. The van der Waals surface area contributed by atoms with Gasteiger partial charge < -0.3 is 4.90 Å². The van der Waals surface area contributed by atoms with Crippen molar-refractivity contribution in [3.63, 3.8) is 0 Å². The van der Waals surface area contributed by atoms with Crippen LogP contribution in [0.25, 0.3) is 0 Å². The first-order chi connectivity index (χ1) is 17.2. The van der Waals surface area contributed by atoms with Crippen molar-refractivity contribution in [2.24, 2.45) is 0 Å². The lowest BCUT2D eigenvalue weighted by atomic mass is 9.81. The molecule has 1 aromatic heterocycles. The van der Waals surface area contributed by atoms with Gasteiger partial charge in [0.15, 0.2) is 5.13 Å². The second kappa shape index (κ2) is 11.0. The van der Waals surface area contributed by atoms with Crippen LogP contribution in [-0.4, -0.2) is 48.5 Å². The lowest BCUT2D eigenvalue weighted by Gasteiger charge is -2.36. The number of benzene rings is 2. The highest BCUT2D eigenvalue weighted by atomic mass is 35.5. The van der Waals surface area contributed by atoms with Crippen LogP contribution in [0.2, 0.25) is 5.02 Å². The number of amides is 1. The number of nitrogens with one attached hydrogen (secondary N) is 1. The number of anilines is 2. The summed E-state index contributed by atoms with van der Waals surface area (Å²) in [5, 5.41) is 5.01. The molecule has 1 aliphatic heterocycles. The third-order valence-electron chi connectivity index (χ3n) is 6.48. The van der Waals surface area contributed by atoms with Crippen molar-refractivity contribution in [3.05, 3.63) is 75.3 Å². The van der Waals surface area contributed by atoms with Crippen LogP contribution in [0.3, 0.4) is 0 Å². The van der Waals surface area contributed by atoms with E-state index in [-0.39, 0.29) is 5.13 Å². The molecule has 1 fully saturated rings. The molecule has 0 radical (unpaired) electrons. The molecule has 2 heterocycles. The molecule has 9 heteroatoms. The minimum Gasteiger partial charge on any atom is -0.369 e. The highest BCUT2D eigenvalue weighted by molar-refractivity contribution is 7.14. The molecule has 1 N–H and O–H groups in total. The molecule has 0 bridgehead atoms. The predicted molar refractivity (Wildman–Crippen MR) is 142 cm³/mol. The fourth-order valence-corrected chi connectivity index (χ4v) is 5.25. The standard InChI is InChI=1S/C27H27ClF2N4OS/c1-4-10-33-11-13-34(14-12-33)20-15-21(29)24(22(30)16-20)25(35)32-26-31-23(17-36-26)27(3,5-2)18-6-8-19(28)9-7-18/h2,6-9,15-17H,4,10-14H2,1,3H3,(H,31,32,35)/t27-/m0/s1. The molecular formula is C27H27ClF2N4OS. The van der Waals surface area contributed by atoms with E-state index in [2.05, 4.69) is 28.0 Å². The minimum absolute atomic E-state index is 0.195. The number of aromatic nitrogens is 1. The molecule has 1 atom stereocenters. The second-order valence-electron chi connectivity index (χ2n) is 8.88. The number of hydrogen-bond acceptors (Lipinski definition) is 5. The zero-order valence-corrected chi connectivity index (χ0v) is 21.7. The largest absolute Gasteiger partial charge is 0.369 e. The van der Waals surface area contributed by atoms with Crippen LogP contribution in [0.4, 0.5) is 19.6 Å². The third-order valence-corrected chi connectivity index (χ3v) is 7.49. The van der Waals surface area contributed by atoms with Crippen molar-refractivity contribution in [2.75, 3.05) is 42.9 Å². The first-order valence-electron chi connectivity index (χ1n) is 11.7. The Bertz CT molecular complexity index is 1260. The van der Waals surface area contributed by atoms with Crippen molar-refractivity contribution in [3.8, 4) is 12.3 Å². The smallest absolute Gasteiger partial charge is 0.263 e. The maximum atomic E-state index is 14.9. The van der Waals surface area contributed by atoms with Gasteiger partial charge >= 0.3 is 0 Å². The maximum Gasteiger partial charge on any atom is 0.263 e. The zero-order chi connectivity index (χ0) is 25.9. The van der Waals surface area contributed by atoms with E-state index in [0.717, 1.165) is 43.0 Å². The monoisotopic (exact) mass is 528 g/mol. The van der Waals surface area contributed by atoms with Gasteiger partial charge in [0.1, 0.15) is 17.2 Å². The summed E-state index contributed by atoms with van der Waals surface area (Å²) >= 11 is 7.12. The first kappa shape index (κ1) is 26.1. The zero-order valence-electron chi connectivity index (χ0n) is 20.2. The molecule has 0 saturated carbocycles. The molecule has 36 heavy (non-hydrogen) atoms. The summed E-state index contributed by atoms with van der Waals surface area (Å²) in [6.45, 7) is 7.98. The highest BCUT2D eigenvalue weighted by Gasteiger charge is 2.30. The normalized spacial score (nSPS) is 15.8. The number of carbonyl (C=O) groups excluding carboxylic acids is 1. The SMILES string of the molecule is C#C[C@@](C)(c1ccc(Cl)cc1)c1csc(NC(=O)c2c(F)cc(N3CCN(CCC)CC3)cc2F)n1. The number of nitrogens with zero attached hydrogens (tertiary/aromatic N) is 3. The summed E-state index contributed by atoms with van der Waals surface area (Å²) in [5.74, 6) is 0.0270. The van der Waals surface area contributed by atoms with Gasteiger partial charge in [-0.2, -0.15) is 0 Å². The van der Waals surface area contributed by atoms with Gasteiger partial charge in [-0.05, 0) is 49.7 Å². The Morgan fingerprint density at radius 3 is 2.42 bits per heavy atom. The van der Waals surface area contributed by atoms with Crippen LogP contribution in [0.5, 0.6) is 0 Å². The predicted octanol–water partition coefficient (Wildman–Crippen LogP) is 5.80. The Morgan fingerprint density at radius 1 is 1.19 bits per heavy atom. The lowest BCUT2D eigenvalue weighted by molar-refractivity contribution is 0.101. The summed E-state index contributed by atoms with van der Waals surface area (Å²) in [6, 6.07) is 9.54. The molecule has 5 nitrogen and oxygen atoms in total. The number of thiazole rings is 1. The average molecular weight is 529 g/mol. The molecule has 3 aromatic rings. The van der Waals surface area contributed by atoms with Gasteiger partial charge in [0.25, 0.3) is 5.91 Å². The maximum absolute atomic E-state index is 14.9. The molecular weight excluding hydrogens is 502 g/mol. The van der Waals surface area contributed by atoms with E-state index in [1.807, 2.05) is 24.0 Å². The van der Waals surface area contributed by atoms with Crippen molar-refractivity contribution in [1.82, 2.24) is 9.88 Å². The molecule has 188 valence electrons. The average Bonchev–Trinajstić information content (AvgIpc) is 3.33. The molecule has 0 aliphatic carbocycles. The van der Waals surface area contributed by atoms with Crippen molar-refractivity contribution in [2.45, 2.75) is 25.7 Å². The van der Waals surface area contributed by atoms with Gasteiger partial charge in [-0.3, -0.25) is 15.0 Å². The van der Waals surface area contributed by atoms with E-state index >= 15 is 0 Å². The van der Waals surface area contributed by atoms with Crippen LogP contribution < -0.4 is 10.2 Å². The van der Waals surface area contributed by atoms with Gasteiger partial charge in [-0.1, -0.05) is 36.6 Å². The van der Waals surface area contributed by atoms with Crippen LogP contribution in [-0.2, 0) is 5.41 Å². The number of hydrogen-bond donors (Lipinski definition) is 1. The molecule has 0 spiro atoms. The summed E-state index contributed by atoms with van der Waals surface area (Å²) in [7, 11) is 0. The number of halogens is 3. The van der Waals surface area contributed by atoms with E-state index in [9.17, 15) is 13.6 Å². The van der Waals surface area contributed by atoms with Gasteiger partial charge in [0, 0.05) is 42.3 Å². The number of piperazine rings is 1. The molecule has 0 unspecified atom stereocenters. The summed E-state index contributed by atoms with van der Waals surface area (Å²) in [6.07, 6.45) is 6.90. The van der Waals surface area contributed by atoms with Crippen LogP contribution >= 0.6 is 22.9 Å². The van der Waals surface area contributed by atoms with Crippen LogP contribution in [0.1, 0.15) is 41.9 Å². The molecule has 1 saturated heterocycles. The molecule has 2 aromatic carbocycles. The van der Waals surface area contributed by atoms with E-state index in [1.54, 1.807) is 17.5 Å². The Kier molecular flexibility index (Phi) is 7.94. The Morgan fingerprint density at radius 2 is 1.83 bits per heavy atom. The van der Waals surface area contributed by atoms with Crippen molar-refractivity contribution >= 4 is 39.7 Å². The van der Waals surface area contributed by atoms with E-state index in [0.29, 0.717) is 29.5 Å². The van der Waals surface area contributed by atoms with Gasteiger partial charge in [-0.25, -0.2) is 13.8 Å².